The molecular weight excluding hydrogens is 222 g/mol. The van der Waals surface area contributed by atoms with E-state index in [4.69, 9.17) is 4.74 Å². The zero-order chi connectivity index (χ0) is 12.6. The first-order chi connectivity index (χ1) is 8.90. The molecule has 1 aliphatic heterocycles. The minimum atomic E-state index is 0.339. The Kier molecular flexibility index (Phi) is 5.01. The van der Waals surface area contributed by atoms with Crippen LogP contribution in [0.25, 0.3) is 0 Å². The van der Waals surface area contributed by atoms with Crippen molar-refractivity contribution in [2.45, 2.75) is 12.5 Å². The molecule has 1 atom stereocenters. The summed E-state index contributed by atoms with van der Waals surface area (Å²) >= 11 is 0. The van der Waals surface area contributed by atoms with Crippen LogP contribution >= 0.6 is 0 Å². The second-order valence-corrected chi connectivity index (χ2v) is 4.48. The fourth-order valence-electron chi connectivity index (χ4n) is 2.17. The van der Waals surface area contributed by atoms with Crippen molar-refractivity contribution < 1.29 is 9.64 Å². The number of rotatable bonds is 3. The van der Waals surface area contributed by atoms with Gasteiger partial charge in [-0.3, -0.25) is 0 Å². The van der Waals surface area contributed by atoms with E-state index in [2.05, 4.69) is 18.4 Å². The predicted octanol–water partition coefficient (Wildman–Crippen LogP) is 0.898. The number of ether oxygens (including phenoxy) is 1. The van der Waals surface area contributed by atoms with E-state index in [1.54, 1.807) is 0 Å². The molecule has 1 aromatic carbocycles. The second-order valence-electron chi connectivity index (χ2n) is 4.48. The molecule has 0 bridgehead atoms. The van der Waals surface area contributed by atoms with Crippen LogP contribution < -0.4 is 4.90 Å². The highest BCUT2D eigenvalue weighted by Gasteiger charge is 2.21. The van der Waals surface area contributed by atoms with Gasteiger partial charge in [0, 0.05) is 12.0 Å². The average Bonchev–Trinajstić information content (AvgIpc) is 2.45. The van der Waals surface area contributed by atoms with Gasteiger partial charge in [-0.1, -0.05) is 30.2 Å². The third-order valence-corrected chi connectivity index (χ3v) is 3.19. The van der Waals surface area contributed by atoms with E-state index in [0.29, 0.717) is 6.04 Å². The molecule has 2 rings (SSSR count). The summed E-state index contributed by atoms with van der Waals surface area (Å²) in [5, 5.41) is 0. The van der Waals surface area contributed by atoms with Crippen molar-refractivity contribution in [2.24, 2.45) is 0 Å². The van der Waals surface area contributed by atoms with E-state index < -0.39 is 0 Å². The van der Waals surface area contributed by atoms with Gasteiger partial charge in [0.15, 0.2) is 6.04 Å². The van der Waals surface area contributed by atoms with Crippen LogP contribution in [0.2, 0.25) is 0 Å². The Balaban J connectivity index is 2.06. The van der Waals surface area contributed by atoms with Crippen LogP contribution in [0.4, 0.5) is 0 Å². The molecular formula is C16H20NO+. The molecule has 1 heterocycles. The SMILES string of the molecule is C=CC[C@H](C#Cc1ccccc1)[NH+]1CCOCC1. The molecule has 1 saturated heterocycles. The fourth-order valence-corrected chi connectivity index (χ4v) is 2.17. The van der Waals surface area contributed by atoms with E-state index >= 15 is 0 Å². The van der Waals surface area contributed by atoms with Crippen molar-refractivity contribution in [3.05, 3.63) is 48.6 Å². The standard InChI is InChI=1S/C16H19NO/c1-2-6-16(17-11-13-18-14-12-17)10-9-15-7-4-3-5-8-15/h2-5,7-8,16H,1,6,11-14H2/p+1/t16-/m1/s1. The molecule has 1 aliphatic rings. The molecule has 1 aromatic rings. The van der Waals surface area contributed by atoms with Gasteiger partial charge in [-0.05, 0) is 18.1 Å². The molecule has 0 aromatic heterocycles. The first-order valence-electron chi connectivity index (χ1n) is 6.50. The highest BCUT2D eigenvalue weighted by atomic mass is 16.5. The Morgan fingerprint density at radius 1 is 1.28 bits per heavy atom. The summed E-state index contributed by atoms with van der Waals surface area (Å²) in [7, 11) is 0. The first kappa shape index (κ1) is 12.9. The first-order valence-corrected chi connectivity index (χ1v) is 6.50. The highest BCUT2D eigenvalue weighted by molar-refractivity contribution is 5.34. The lowest BCUT2D eigenvalue weighted by atomic mass is 10.1. The fraction of sp³-hybridized carbons (Fsp3) is 0.375. The van der Waals surface area contributed by atoms with Gasteiger partial charge in [0.05, 0.1) is 13.2 Å². The number of nitrogens with one attached hydrogen (secondary N) is 1. The monoisotopic (exact) mass is 242 g/mol. The number of morpholine rings is 1. The van der Waals surface area contributed by atoms with E-state index in [9.17, 15) is 0 Å². The zero-order valence-corrected chi connectivity index (χ0v) is 10.7. The molecule has 0 amide bonds. The highest BCUT2D eigenvalue weighted by Crippen LogP contribution is 1.96. The number of quaternary nitrogens is 1. The van der Waals surface area contributed by atoms with Crippen LogP contribution in [-0.2, 0) is 4.74 Å². The maximum absolute atomic E-state index is 5.40. The minimum Gasteiger partial charge on any atom is -0.370 e. The average molecular weight is 242 g/mol. The normalized spacial score (nSPS) is 17.6. The van der Waals surface area contributed by atoms with Gasteiger partial charge in [0.25, 0.3) is 0 Å². The van der Waals surface area contributed by atoms with Gasteiger partial charge in [0.2, 0.25) is 0 Å². The summed E-state index contributed by atoms with van der Waals surface area (Å²) in [4.78, 5) is 1.52. The molecule has 1 N–H and O–H groups in total. The van der Waals surface area contributed by atoms with Gasteiger partial charge in [-0.25, -0.2) is 0 Å². The topological polar surface area (TPSA) is 13.7 Å². The molecule has 2 heteroatoms. The summed E-state index contributed by atoms with van der Waals surface area (Å²) in [5.74, 6) is 6.66. The van der Waals surface area contributed by atoms with Crippen LogP contribution in [-0.4, -0.2) is 32.3 Å². The molecule has 0 radical (unpaired) electrons. The van der Waals surface area contributed by atoms with E-state index in [1.807, 2.05) is 36.4 Å². The molecule has 0 aliphatic carbocycles. The van der Waals surface area contributed by atoms with Gasteiger partial charge in [-0.2, -0.15) is 0 Å². The molecule has 18 heavy (non-hydrogen) atoms. The van der Waals surface area contributed by atoms with E-state index in [0.717, 1.165) is 38.3 Å². The second kappa shape index (κ2) is 7.00. The zero-order valence-electron chi connectivity index (χ0n) is 10.7. The van der Waals surface area contributed by atoms with E-state index in [-0.39, 0.29) is 0 Å². The summed E-state index contributed by atoms with van der Waals surface area (Å²) in [6.45, 7) is 7.61. The van der Waals surface area contributed by atoms with Crippen LogP contribution in [0.5, 0.6) is 0 Å². The summed E-state index contributed by atoms with van der Waals surface area (Å²) in [6, 6.07) is 10.5. The Morgan fingerprint density at radius 2 is 2.00 bits per heavy atom. The third-order valence-electron chi connectivity index (χ3n) is 3.19. The van der Waals surface area contributed by atoms with E-state index in [1.165, 1.54) is 4.90 Å². The maximum atomic E-state index is 5.40. The third kappa shape index (κ3) is 3.73. The lowest BCUT2D eigenvalue weighted by molar-refractivity contribution is -0.924. The largest absolute Gasteiger partial charge is 0.370 e. The number of hydrogen-bond donors (Lipinski definition) is 1. The molecule has 0 unspecified atom stereocenters. The van der Waals surface area contributed by atoms with Crippen molar-refractivity contribution in [3.63, 3.8) is 0 Å². The van der Waals surface area contributed by atoms with Gasteiger partial charge >= 0.3 is 0 Å². The van der Waals surface area contributed by atoms with Crippen molar-refractivity contribution in [1.82, 2.24) is 0 Å². The quantitative estimate of drug-likeness (QED) is 0.614. The summed E-state index contributed by atoms with van der Waals surface area (Å²) in [5.41, 5.74) is 1.08. The van der Waals surface area contributed by atoms with Crippen LogP contribution in [0, 0.1) is 11.8 Å². The van der Waals surface area contributed by atoms with Crippen LogP contribution in [0.3, 0.4) is 0 Å². The lowest BCUT2D eigenvalue weighted by Crippen LogP contribution is -3.17. The summed E-state index contributed by atoms with van der Waals surface area (Å²) < 4.78 is 5.40. The Morgan fingerprint density at radius 3 is 2.67 bits per heavy atom. The van der Waals surface area contributed by atoms with Crippen LogP contribution in [0.1, 0.15) is 12.0 Å². The lowest BCUT2D eigenvalue weighted by Gasteiger charge is -2.27. The van der Waals surface area contributed by atoms with Crippen molar-refractivity contribution in [3.8, 4) is 11.8 Å². The Labute approximate surface area is 109 Å². The molecule has 1 fully saturated rings. The Hall–Kier alpha value is -1.56. The molecule has 94 valence electrons. The molecule has 0 saturated carbocycles. The Bertz CT molecular complexity index is 423. The van der Waals surface area contributed by atoms with Crippen LogP contribution in [0.15, 0.2) is 43.0 Å². The summed E-state index contributed by atoms with van der Waals surface area (Å²) in [6.07, 6.45) is 2.90. The molecule has 0 spiro atoms. The smallest absolute Gasteiger partial charge is 0.153 e. The van der Waals surface area contributed by atoms with Gasteiger partial charge in [-0.15, -0.1) is 6.58 Å². The van der Waals surface area contributed by atoms with Gasteiger partial charge < -0.3 is 9.64 Å². The number of benzene rings is 1. The predicted molar refractivity (Wildman–Crippen MR) is 73.4 cm³/mol. The van der Waals surface area contributed by atoms with Crippen molar-refractivity contribution in [1.29, 1.82) is 0 Å². The maximum Gasteiger partial charge on any atom is 0.153 e. The minimum absolute atomic E-state index is 0.339. The van der Waals surface area contributed by atoms with Crippen molar-refractivity contribution >= 4 is 0 Å². The van der Waals surface area contributed by atoms with Gasteiger partial charge in [0.1, 0.15) is 13.1 Å². The molecule has 2 nitrogen and oxygen atoms in total. The number of hydrogen-bond acceptors (Lipinski definition) is 1. The van der Waals surface area contributed by atoms with Crippen molar-refractivity contribution in [2.75, 3.05) is 26.3 Å².